The van der Waals surface area contributed by atoms with Crippen LogP contribution in [-0.2, 0) is 4.74 Å². The zero-order valence-corrected chi connectivity index (χ0v) is 12.2. The predicted octanol–water partition coefficient (Wildman–Crippen LogP) is 3.23. The summed E-state index contributed by atoms with van der Waals surface area (Å²) in [4.78, 5) is 1.41. The molecule has 2 rings (SSSR count). The molecular weight excluding hydrogens is 250 g/mol. The maximum absolute atomic E-state index is 5.94. The largest absolute Gasteiger partial charge is 0.375 e. The van der Waals surface area contributed by atoms with Gasteiger partial charge in [-0.3, -0.25) is 0 Å². The normalized spacial score (nSPS) is 22.6. The lowest BCUT2D eigenvalue weighted by Crippen LogP contribution is -2.38. The quantitative estimate of drug-likeness (QED) is 0.888. The van der Waals surface area contributed by atoms with Crippen molar-refractivity contribution in [2.24, 2.45) is 0 Å². The first-order valence-electron chi connectivity index (χ1n) is 6.29. The van der Waals surface area contributed by atoms with Crippen LogP contribution in [0.5, 0.6) is 0 Å². The summed E-state index contributed by atoms with van der Waals surface area (Å²) in [6.45, 7) is 6.37. The molecule has 0 bridgehead atoms. The second-order valence-electron chi connectivity index (χ2n) is 4.35. The zero-order valence-electron chi connectivity index (χ0n) is 10.6. The van der Waals surface area contributed by atoms with Crippen molar-refractivity contribution >= 4 is 23.1 Å². The smallest absolute Gasteiger partial charge is 0.0860 e. The van der Waals surface area contributed by atoms with Gasteiger partial charge in [0.2, 0.25) is 0 Å². The third kappa shape index (κ3) is 3.47. The van der Waals surface area contributed by atoms with Crippen LogP contribution < -0.4 is 5.32 Å². The standard InChI is InChI=1S/C13H21NOS2/c1-3-5-14-13(11-4-7-17-10(11)2)12-9-16-8-6-15-12/h4,7,12-14H,3,5-6,8-9H2,1-2H3. The van der Waals surface area contributed by atoms with Gasteiger partial charge in [-0.05, 0) is 36.9 Å². The van der Waals surface area contributed by atoms with Gasteiger partial charge in [0.05, 0.1) is 18.8 Å². The van der Waals surface area contributed by atoms with Crippen LogP contribution in [-0.4, -0.2) is 30.8 Å². The van der Waals surface area contributed by atoms with E-state index in [2.05, 4.69) is 30.6 Å². The Kier molecular flexibility index (Phi) is 5.35. The molecular formula is C13H21NOS2. The highest BCUT2D eigenvalue weighted by molar-refractivity contribution is 7.99. The topological polar surface area (TPSA) is 21.3 Å². The molecule has 0 aromatic carbocycles. The highest BCUT2D eigenvalue weighted by Gasteiger charge is 2.27. The SMILES string of the molecule is CCCNC(c1ccsc1C)C1CSCCO1. The van der Waals surface area contributed by atoms with E-state index < -0.39 is 0 Å². The van der Waals surface area contributed by atoms with Crippen molar-refractivity contribution < 1.29 is 4.74 Å². The summed E-state index contributed by atoms with van der Waals surface area (Å²) in [5.41, 5.74) is 1.43. The number of aryl methyl sites for hydroxylation is 1. The van der Waals surface area contributed by atoms with Crippen LogP contribution in [0.2, 0.25) is 0 Å². The lowest BCUT2D eigenvalue weighted by molar-refractivity contribution is 0.0468. The summed E-state index contributed by atoms with van der Waals surface area (Å²) in [7, 11) is 0. The van der Waals surface area contributed by atoms with E-state index in [4.69, 9.17) is 4.74 Å². The molecule has 4 heteroatoms. The minimum Gasteiger partial charge on any atom is -0.375 e. The molecule has 2 atom stereocenters. The Morgan fingerprint density at radius 1 is 1.59 bits per heavy atom. The summed E-state index contributed by atoms with van der Waals surface area (Å²) < 4.78 is 5.94. The van der Waals surface area contributed by atoms with E-state index in [0.717, 1.165) is 24.7 Å². The molecule has 2 heterocycles. The van der Waals surface area contributed by atoms with Crippen LogP contribution in [0.4, 0.5) is 0 Å². The van der Waals surface area contributed by atoms with Crippen LogP contribution >= 0.6 is 23.1 Å². The number of nitrogens with one attached hydrogen (secondary N) is 1. The average Bonchev–Trinajstić information content (AvgIpc) is 2.78. The highest BCUT2D eigenvalue weighted by Crippen LogP contribution is 2.30. The fraction of sp³-hybridized carbons (Fsp3) is 0.692. The minimum atomic E-state index is 0.327. The van der Waals surface area contributed by atoms with Gasteiger partial charge in [-0.1, -0.05) is 6.92 Å². The van der Waals surface area contributed by atoms with Crippen molar-refractivity contribution in [1.82, 2.24) is 5.32 Å². The van der Waals surface area contributed by atoms with E-state index in [1.165, 1.54) is 16.9 Å². The molecule has 1 aliphatic rings. The summed E-state index contributed by atoms with van der Waals surface area (Å²) in [5.74, 6) is 2.25. The number of ether oxygens (including phenoxy) is 1. The Hall–Kier alpha value is -0.0300. The molecule has 0 spiro atoms. The summed E-state index contributed by atoms with van der Waals surface area (Å²) in [6, 6.07) is 2.62. The van der Waals surface area contributed by atoms with Gasteiger partial charge in [0.1, 0.15) is 0 Å². The molecule has 96 valence electrons. The molecule has 1 fully saturated rings. The van der Waals surface area contributed by atoms with Crippen LogP contribution in [0.15, 0.2) is 11.4 Å². The molecule has 1 saturated heterocycles. The first-order valence-corrected chi connectivity index (χ1v) is 8.33. The van der Waals surface area contributed by atoms with Crippen molar-refractivity contribution in [3.63, 3.8) is 0 Å². The molecule has 1 N–H and O–H groups in total. The zero-order chi connectivity index (χ0) is 12.1. The van der Waals surface area contributed by atoms with E-state index >= 15 is 0 Å². The Morgan fingerprint density at radius 2 is 2.47 bits per heavy atom. The lowest BCUT2D eigenvalue weighted by atomic mass is 10.0. The van der Waals surface area contributed by atoms with Gasteiger partial charge in [0, 0.05) is 16.4 Å². The van der Waals surface area contributed by atoms with Crippen LogP contribution in [0.25, 0.3) is 0 Å². The molecule has 0 aliphatic carbocycles. The van der Waals surface area contributed by atoms with Gasteiger partial charge in [0.15, 0.2) is 0 Å². The van der Waals surface area contributed by atoms with Crippen molar-refractivity contribution in [3.8, 4) is 0 Å². The van der Waals surface area contributed by atoms with Crippen molar-refractivity contribution in [1.29, 1.82) is 0 Å². The number of hydrogen-bond donors (Lipinski definition) is 1. The minimum absolute atomic E-state index is 0.327. The van der Waals surface area contributed by atoms with Crippen molar-refractivity contribution in [3.05, 3.63) is 21.9 Å². The third-order valence-corrected chi connectivity index (χ3v) is 4.94. The first-order chi connectivity index (χ1) is 8.33. The maximum Gasteiger partial charge on any atom is 0.0860 e. The summed E-state index contributed by atoms with van der Waals surface area (Å²) in [5, 5.41) is 5.83. The van der Waals surface area contributed by atoms with Gasteiger partial charge in [0.25, 0.3) is 0 Å². The fourth-order valence-corrected chi connectivity index (χ4v) is 3.81. The molecule has 0 saturated carbocycles. The van der Waals surface area contributed by atoms with E-state index in [1.807, 2.05) is 23.1 Å². The highest BCUT2D eigenvalue weighted by atomic mass is 32.2. The second kappa shape index (κ2) is 6.78. The van der Waals surface area contributed by atoms with Crippen LogP contribution in [0.1, 0.15) is 29.8 Å². The van der Waals surface area contributed by atoms with Crippen molar-refractivity contribution in [2.75, 3.05) is 24.7 Å². The Bertz CT molecular complexity index is 334. The van der Waals surface area contributed by atoms with Crippen LogP contribution in [0, 0.1) is 6.92 Å². The van der Waals surface area contributed by atoms with Gasteiger partial charge < -0.3 is 10.1 Å². The molecule has 2 unspecified atom stereocenters. The molecule has 1 aromatic rings. The van der Waals surface area contributed by atoms with Crippen molar-refractivity contribution in [2.45, 2.75) is 32.4 Å². The van der Waals surface area contributed by atoms with E-state index in [1.54, 1.807) is 0 Å². The molecule has 0 radical (unpaired) electrons. The van der Waals surface area contributed by atoms with Gasteiger partial charge in [-0.2, -0.15) is 11.8 Å². The Morgan fingerprint density at radius 3 is 3.06 bits per heavy atom. The Labute approximate surface area is 112 Å². The monoisotopic (exact) mass is 271 g/mol. The predicted molar refractivity (Wildman–Crippen MR) is 77.2 cm³/mol. The van der Waals surface area contributed by atoms with Gasteiger partial charge in [-0.25, -0.2) is 0 Å². The number of hydrogen-bond acceptors (Lipinski definition) is 4. The molecule has 0 amide bonds. The summed E-state index contributed by atoms with van der Waals surface area (Å²) in [6.07, 6.45) is 1.49. The van der Waals surface area contributed by atoms with Crippen LogP contribution in [0.3, 0.4) is 0 Å². The molecule has 2 nitrogen and oxygen atoms in total. The third-order valence-electron chi connectivity index (χ3n) is 3.06. The molecule has 1 aromatic heterocycles. The maximum atomic E-state index is 5.94. The molecule has 1 aliphatic heterocycles. The Balaban J connectivity index is 2.09. The second-order valence-corrected chi connectivity index (χ2v) is 6.62. The number of rotatable bonds is 5. The first kappa shape index (κ1) is 13.4. The summed E-state index contributed by atoms with van der Waals surface area (Å²) >= 11 is 3.83. The molecule has 17 heavy (non-hydrogen) atoms. The number of thioether (sulfide) groups is 1. The average molecular weight is 271 g/mol. The van der Waals surface area contributed by atoms with E-state index in [0.29, 0.717) is 12.1 Å². The van der Waals surface area contributed by atoms with E-state index in [9.17, 15) is 0 Å². The lowest BCUT2D eigenvalue weighted by Gasteiger charge is -2.31. The van der Waals surface area contributed by atoms with Gasteiger partial charge in [-0.15, -0.1) is 11.3 Å². The van der Waals surface area contributed by atoms with E-state index in [-0.39, 0.29) is 0 Å². The fourth-order valence-electron chi connectivity index (χ4n) is 2.16. The van der Waals surface area contributed by atoms with Gasteiger partial charge >= 0.3 is 0 Å². The number of thiophene rings is 1.